The van der Waals surface area contributed by atoms with Gasteiger partial charge in [0.15, 0.2) is 0 Å². The van der Waals surface area contributed by atoms with Gasteiger partial charge in [-0.3, -0.25) is 4.68 Å². The Morgan fingerprint density at radius 3 is 2.57 bits per heavy atom. The van der Waals surface area contributed by atoms with Crippen molar-refractivity contribution >= 4 is 41.1 Å². The molecular formula is C20H24Cl2N4O4. The highest BCUT2D eigenvalue weighted by Gasteiger charge is 2.37. The van der Waals surface area contributed by atoms with Crippen LogP contribution in [0.25, 0.3) is 11.3 Å². The van der Waals surface area contributed by atoms with Gasteiger partial charge in [0.05, 0.1) is 22.3 Å². The second-order valence-electron chi connectivity index (χ2n) is 8.09. The lowest BCUT2D eigenvalue weighted by atomic mass is 10.1. The predicted molar refractivity (Wildman–Crippen MR) is 115 cm³/mol. The normalized spacial score (nSPS) is 17.2. The van der Waals surface area contributed by atoms with Crippen LogP contribution >= 0.6 is 23.2 Å². The van der Waals surface area contributed by atoms with Crippen LogP contribution in [-0.2, 0) is 16.6 Å². The van der Waals surface area contributed by atoms with Crippen molar-refractivity contribution in [3.05, 3.63) is 34.3 Å². The molecule has 3 rings (SSSR count). The molecule has 30 heavy (non-hydrogen) atoms. The molecule has 1 amide bonds. The fraction of sp³-hybridized carbons (Fsp3) is 0.450. The summed E-state index contributed by atoms with van der Waals surface area (Å²) in [6, 6.07) is 6.10. The average Bonchev–Trinajstić information content (AvgIpc) is 3.03. The number of carbonyl (C=O) groups excluding carboxylic acids is 1. The molecular weight excluding hydrogens is 431 g/mol. The lowest BCUT2D eigenvalue weighted by molar-refractivity contribution is -0.139. The van der Waals surface area contributed by atoms with Gasteiger partial charge in [0, 0.05) is 31.8 Å². The number of amides is 1. The molecule has 1 aliphatic rings. The molecule has 1 aliphatic heterocycles. The van der Waals surface area contributed by atoms with Crippen LogP contribution in [0.3, 0.4) is 0 Å². The van der Waals surface area contributed by atoms with Crippen molar-refractivity contribution in [1.82, 2.24) is 14.7 Å². The third-order valence-electron chi connectivity index (χ3n) is 4.69. The van der Waals surface area contributed by atoms with Crippen molar-refractivity contribution in [2.24, 2.45) is 7.05 Å². The van der Waals surface area contributed by atoms with E-state index in [1.54, 1.807) is 61.7 Å². The highest BCUT2D eigenvalue weighted by Crippen LogP contribution is 2.35. The Bertz CT molecular complexity index is 970. The number of hydrogen-bond acceptors (Lipinski definition) is 5. The van der Waals surface area contributed by atoms with Crippen molar-refractivity contribution in [3.8, 4) is 11.3 Å². The third-order valence-corrected chi connectivity index (χ3v) is 5.51. The van der Waals surface area contributed by atoms with Crippen molar-refractivity contribution in [3.63, 3.8) is 0 Å². The van der Waals surface area contributed by atoms with Gasteiger partial charge in [0.25, 0.3) is 0 Å². The molecule has 1 aromatic carbocycles. The Balaban J connectivity index is 1.87. The van der Waals surface area contributed by atoms with Crippen molar-refractivity contribution in [2.75, 3.05) is 24.5 Å². The Hall–Kier alpha value is -2.45. The summed E-state index contributed by atoms with van der Waals surface area (Å²) in [7, 11) is 1.73. The number of anilines is 1. The second kappa shape index (κ2) is 8.35. The van der Waals surface area contributed by atoms with E-state index in [-0.39, 0.29) is 6.54 Å². The number of nitrogens with zero attached hydrogens (tertiary/aromatic N) is 4. The summed E-state index contributed by atoms with van der Waals surface area (Å²) in [4.78, 5) is 27.5. The second-order valence-corrected chi connectivity index (χ2v) is 8.87. The SMILES string of the molecule is Cn1nc(-c2cccc(Cl)c2Cl)cc1N1CCN(C(=O)OC(C)(C)C)CC1C(=O)O. The maximum atomic E-state index is 12.4. The number of carboxylic acid groups (broad SMARTS) is 1. The van der Waals surface area contributed by atoms with E-state index in [1.807, 2.05) is 0 Å². The van der Waals surface area contributed by atoms with Crippen LogP contribution in [0.4, 0.5) is 10.6 Å². The largest absolute Gasteiger partial charge is 0.480 e. The number of carboxylic acids is 1. The molecule has 1 saturated heterocycles. The van der Waals surface area contributed by atoms with Gasteiger partial charge in [0.2, 0.25) is 0 Å². The number of aliphatic carboxylic acids is 1. The number of hydrogen-bond donors (Lipinski definition) is 1. The molecule has 1 aromatic heterocycles. The van der Waals surface area contributed by atoms with Gasteiger partial charge in [-0.15, -0.1) is 0 Å². The Kier molecular flexibility index (Phi) is 6.19. The average molecular weight is 455 g/mol. The molecule has 0 aliphatic carbocycles. The predicted octanol–water partition coefficient (Wildman–Crippen LogP) is 3.90. The van der Waals surface area contributed by atoms with Crippen molar-refractivity contribution < 1.29 is 19.4 Å². The monoisotopic (exact) mass is 454 g/mol. The van der Waals surface area contributed by atoms with Gasteiger partial charge >= 0.3 is 12.1 Å². The van der Waals surface area contributed by atoms with Crippen molar-refractivity contribution in [1.29, 1.82) is 0 Å². The molecule has 1 fully saturated rings. The molecule has 0 saturated carbocycles. The van der Waals surface area contributed by atoms with E-state index in [9.17, 15) is 14.7 Å². The molecule has 0 bridgehead atoms. The lowest BCUT2D eigenvalue weighted by Crippen LogP contribution is -2.59. The highest BCUT2D eigenvalue weighted by atomic mass is 35.5. The van der Waals surface area contributed by atoms with Gasteiger partial charge in [-0.1, -0.05) is 35.3 Å². The van der Waals surface area contributed by atoms with Gasteiger partial charge in [0.1, 0.15) is 17.5 Å². The van der Waals surface area contributed by atoms with Crippen LogP contribution in [0.2, 0.25) is 10.0 Å². The maximum Gasteiger partial charge on any atom is 0.410 e. The van der Waals surface area contributed by atoms with Gasteiger partial charge in [-0.2, -0.15) is 5.10 Å². The van der Waals surface area contributed by atoms with Crippen molar-refractivity contribution in [2.45, 2.75) is 32.4 Å². The zero-order chi connectivity index (χ0) is 22.2. The zero-order valence-electron chi connectivity index (χ0n) is 17.2. The summed E-state index contributed by atoms with van der Waals surface area (Å²) in [5.41, 5.74) is 0.587. The van der Waals surface area contributed by atoms with E-state index in [4.69, 9.17) is 27.9 Å². The molecule has 0 radical (unpaired) electrons. The van der Waals surface area contributed by atoms with Crippen LogP contribution in [-0.4, -0.2) is 63.1 Å². The minimum atomic E-state index is -1.04. The molecule has 2 aromatic rings. The summed E-state index contributed by atoms with van der Waals surface area (Å²) < 4.78 is 6.99. The number of ether oxygens (including phenoxy) is 1. The lowest BCUT2D eigenvalue weighted by Gasteiger charge is -2.40. The molecule has 10 heteroatoms. The Morgan fingerprint density at radius 1 is 1.23 bits per heavy atom. The summed E-state index contributed by atoms with van der Waals surface area (Å²) in [6.45, 7) is 5.97. The number of rotatable bonds is 3. The fourth-order valence-electron chi connectivity index (χ4n) is 3.32. The van der Waals surface area contributed by atoms with Gasteiger partial charge < -0.3 is 19.6 Å². The van der Waals surface area contributed by atoms with E-state index >= 15 is 0 Å². The first kappa shape index (κ1) is 22.2. The minimum absolute atomic E-state index is 0.00266. The number of carbonyl (C=O) groups is 2. The van der Waals surface area contributed by atoms with Crippen LogP contribution in [0.1, 0.15) is 20.8 Å². The van der Waals surface area contributed by atoms with E-state index in [0.29, 0.717) is 40.2 Å². The molecule has 0 spiro atoms. The summed E-state index contributed by atoms with van der Waals surface area (Å²) >= 11 is 12.4. The van der Waals surface area contributed by atoms with E-state index < -0.39 is 23.7 Å². The molecule has 8 nitrogen and oxygen atoms in total. The number of piperazine rings is 1. The number of benzene rings is 1. The molecule has 1 atom stereocenters. The Labute approximate surface area is 184 Å². The molecule has 162 valence electrons. The molecule has 1 N–H and O–H groups in total. The van der Waals surface area contributed by atoms with E-state index in [2.05, 4.69) is 5.10 Å². The first-order chi connectivity index (χ1) is 14.0. The quantitative estimate of drug-likeness (QED) is 0.756. The van der Waals surface area contributed by atoms with E-state index in [1.165, 1.54) is 4.90 Å². The van der Waals surface area contributed by atoms with Crippen LogP contribution in [0, 0.1) is 0 Å². The number of halogens is 2. The minimum Gasteiger partial charge on any atom is -0.480 e. The van der Waals surface area contributed by atoms with Crippen LogP contribution in [0.15, 0.2) is 24.3 Å². The first-order valence-corrected chi connectivity index (χ1v) is 10.2. The maximum absolute atomic E-state index is 12.4. The molecule has 2 heterocycles. The summed E-state index contributed by atoms with van der Waals surface area (Å²) in [6.07, 6.45) is -0.523. The Morgan fingerprint density at radius 2 is 1.93 bits per heavy atom. The molecule has 1 unspecified atom stereocenters. The topological polar surface area (TPSA) is 87.9 Å². The zero-order valence-corrected chi connectivity index (χ0v) is 18.7. The number of aryl methyl sites for hydroxylation is 1. The standard InChI is InChI=1S/C20H24Cl2N4O4/c1-20(2,3)30-19(29)25-8-9-26(15(11-25)18(27)28)16-10-14(23-24(16)4)12-6-5-7-13(21)17(12)22/h5-7,10,15H,8-9,11H2,1-4H3,(H,27,28). The fourth-order valence-corrected chi connectivity index (χ4v) is 3.72. The first-order valence-electron chi connectivity index (χ1n) is 9.43. The van der Waals surface area contributed by atoms with Gasteiger partial charge in [-0.25, -0.2) is 9.59 Å². The van der Waals surface area contributed by atoms with Crippen LogP contribution in [0.5, 0.6) is 0 Å². The highest BCUT2D eigenvalue weighted by molar-refractivity contribution is 6.43. The van der Waals surface area contributed by atoms with Gasteiger partial charge in [-0.05, 0) is 26.8 Å². The number of aromatic nitrogens is 2. The van der Waals surface area contributed by atoms with Crippen LogP contribution < -0.4 is 4.90 Å². The summed E-state index contributed by atoms with van der Waals surface area (Å²) in [5, 5.41) is 15.1. The smallest absolute Gasteiger partial charge is 0.410 e. The van der Waals surface area contributed by atoms with E-state index in [0.717, 1.165) is 0 Å². The summed E-state index contributed by atoms with van der Waals surface area (Å²) in [5.74, 6) is -0.427. The third kappa shape index (κ3) is 4.65.